The van der Waals surface area contributed by atoms with Gasteiger partial charge in [0.1, 0.15) is 5.75 Å². The van der Waals surface area contributed by atoms with Gasteiger partial charge >= 0.3 is 0 Å². The lowest BCUT2D eigenvalue weighted by atomic mass is 9.76. The van der Waals surface area contributed by atoms with Gasteiger partial charge in [0.05, 0.1) is 31.5 Å². The Morgan fingerprint density at radius 3 is 2.60 bits per heavy atom. The van der Waals surface area contributed by atoms with Crippen LogP contribution in [0.15, 0.2) is 18.2 Å². The second-order valence-electron chi connectivity index (χ2n) is 6.31. The Balaban J connectivity index is 1.96. The normalized spacial score (nSPS) is 18.5. The van der Waals surface area contributed by atoms with E-state index in [4.69, 9.17) is 14.7 Å². The predicted octanol–water partition coefficient (Wildman–Crippen LogP) is 4.05. The Bertz CT molecular complexity index is 492. The summed E-state index contributed by atoms with van der Waals surface area (Å²) in [4.78, 5) is 0. The molecule has 0 aliphatic heterocycles. The van der Waals surface area contributed by atoms with Crippen molar-refractivity contribution in [1.29, 1.82) is 5.26 Å². The molecule has 1 aromatic rings. The van der Waals surface area contributed by atoms with Crippen molar-refractivity contribution in [3.05, 3.63) is 29.3 Å². The minimum Gasteiger partial charge on any atom is -0.496 e. The largest absolute Gasteiger partial charge is 0.496 e. The van der Waals surface area contributed by atoms with E-state index in [2.05, 4.69) is 19.9 Å². The molecule has 0 atom stereocenters. The molecular formula is C17H23NO2. The number of methoxy groups -OCH3 is 1. The maximum Gasteiger partial charge on any atom is 0.124 e. The highest BCUT2D eigenvalue weighted by molar-refractivity contribution is 5.41. The maximum atomic E-state index is 8.97. The van der Waals surface area contributed by atoms with Crippen LogP contribution in [0.1, 0.15) is 50.7 Å². The van der Waals surface area contributed by atoms with E-state index in [1.807, 2.05) is 12.1 Å². The standard InChI is InChI=1S/C17H23NO2/c1-17(2)8-6-15(7-9-17)20-12-14-10-13(11-18)4-5-16(14)19-3/h4-5,10,15H,6-9,12H2,1-3H3. The fraction of sp³-hybridized carbons (Fsp3) is 0.588. The van der Waals surface area contributed by atoms with Crippen LogP contribution in [0, 0.1) is 16.7 Å². The lowest BCUT2D eigenvalue weighted by Crippen LogP contribution is -2.26. The summed E-state index contributed by atoms with van der Waals surface area (Å²) in [6.07, 6.45) is 5.00. The number of ether oxygens (including phenoxy) is 2. The van der Waals surface area contributed by atoms with E-state index in [1.165, 1.54) is 12.8 Å². The summed E-state index contributed by atoms with van der Waals surface area (Å²) >= 11 is 0. The van der Waals surface area contributed by atoms with Crippen molar-refractivity contribution in [3.63, 3.8) is 0 Å². The highest BCUT2D eigenvalue weighted by Gasteiger charge is 2.27. The van der Waals surface area contributed by atoms with Gasteiger partial charge in [-0.2, -0.15) is 5.26 Å². The third kappa shape index (κ3) is 3.74. The Kier molecular flexibility index (Phi) is 4.67. The van der Waals surface area contributed by atoms with E-state index < -0.39 is 0 Å². The number of hydrogen-bond acceptors (Lipinski definition) is 3. The fourth-order valence-electron chi connectivity index (χ4n) is 2.71. The molecule has 0 bridgehead atoms. The van der Waals surface area contributed by atoms with Crippen molar-refractivity contribution >= 4 is 0 Å². The smallest absolute Gasteiger partial charge is 0.124 e. The van der Waals surface area contributed by atoms with Gasteiger partial charge in [-0.3, -0.25) is 0 Å². The molecule has 2 rings (SSSR count). The molecule has 0 N–H and O–H groups in total. The number of nitriles is 1. The van der Waals surface area contributed by atoms with Gasteiger partial charge in [-0.1, -0.05) is 13.8 Å². The van der Waals surface area contributed by atoms with Crippen LogP contribution in [0.4, 0.5) is 0 Å². The Hall–Kier alpha value is -1.53. The fourth-order valence-corrected chi connectivity index (χ4v) is 2.71. The molecule has 20 heavy (non-hydrogen) atoms. The molecular weight excluding hydrogens is 250 g/mol. The van der Waals surface area contributed by atoms with Crippen LogP contribution in [0.3, 0.4) is 0 Å². The van der Waals surface area contributed by atoms with Gasteiger partial charge in [-0.15, -0.1) is 0 Å². The number of nitrogens with zero attached hydrogens (tertiary/aromatic N) is 1. The highest BCUT2D eigenvalue weighted by Crippen LogP contribution is 2.36. The van der Waals surface area contributed by atoms with E-state index in [9.17, 15) is 0 Å². The van der Waals surface area contributed by atoms with Crippen LogP contribution >= 0.6 is 0 Å². The molecule has 0 unspecified atom stereocenters. The van der Waals surface area contributed by atoms with Crippen molar-refractivity contribution in [2.24, 2.45) is 5.41 Å². The molecule has 0 heterocycles. The second kappa shape index (κ2) is 6.28. The highest BCUT2D eigenvalue weighted by atomic mass is 16.5. The molecule has 3 nitrogen and oxygen atoms in total. The Morgan fingerprint density at radius 1 is 1.30 bits per heavy atom. The SMILES string of the molecule is COc1ccc(C#N)cc1COC1CCC(C)(C)CC1. The van der Waals surface area contributed by atoms with E-state index in [1.54, 1.807) is 13.2 Å². The van der Waals surface area contributed by atoms with Crippen LogP contribution in [-0.4, -0.2) is 13.2 Å². The number of hydrogen-bond donors (Lipinski definition) is 0. The van der Waals surface area contributed by atoms with E-state index >= 15 is 0 Å². The molecule has 108 valence electrons. The molecule has 0 amide bonds. The molecule has 1 aliphatic rings. The van der Waals surface area contributed by atoms with Gasteiger partial charge in [0.25, 0.3) is 0 Å². The van der Waals surface area contributed by atoms with E-state index in [0.717, 1.165) is 24.2 Å². The van der Waals surface area contributed by atoms with Crippen LogP contribution in [0.5, 0.6) is 5.75 Å². The molecule has 1 fully saturated rings. The first kappa shape index (κ1) is 14.9. The molecule has 1 aromatic carbocycles. The van der Waals surface area contributed by atoms with Crippen LogP contribution < -0.4 is 4.74 Å². The Morgan fingerprint density at radius 2 is 2.00 bits per heavy atom. The van der Waals surface area contributed by atoms with Crippen LogP contribution in [-0.2, 0) is 11.3 Å². The van der Waals surface area contributed by atoms with Crippen molar-refractivity contribution in [2.75, 3.05) is 7.11 Å². The first-order valence-electron chi connectivity index (χ1n) is 7.23. The minimum absolute atomic E-state index is 0.332. The number of benzene rings is 1. The van der Waals surface area contributed by atoms with Gasteiger partial charge in [0, 0.05) is 5.56 Å². The zero-order valence-electron chi connectivity index (χ0n) is 12.6. The molecule has 0 saturated heterocycles. The summed E-state index contributed by atoms with van der Waals surface area (Å²) < 4.78 is 11.3. The molecule has 0 aromatic heterocycles. The summed E-state index contributed by atoms with van der Waals surface area (Å²) in [5.41, 5.74) is 2.06. The summed E-state index contributed by atoms with van der Waals surface area (Å²) in [5, 5.41) is 8.97. The zero-order valence-corrected chi connectivity index (χ0v) is 12.6. The van der Waals surface area contributed by atoms with Crippen LogP contribution in [0.2, 0.25) is 0 Å². The maximum absolute atomic E-state index is 8.97. The lowest BCUT2D eigenvalue weighted by molar-refractivity contribution is -0.00621. The lowest BCUT2D eigenvalue weighted by Gasteiger charge is -2.34. The topological polar surface area (TPSA) is 42.2 Å². The quantitative estimate of drug-likeness (QED) is 0.831. The van der Waals surface area contributed by atoms with E-state index in [-0.39, 0.29) is 0 Å². The summed E-state index contributed by atoms with van der Waals surface area (Å²) in [6.45, 7) is 5.16. The van der Waals surface area contributed by atoms with Crippen molar-refractivity contribution in [2.45, 2.75) is 52.2 Å². The summed E-state index contributed by atoms with van der Waals surface area (Å²) in [7, 11) is 1.65. The van der Waals surface area contributed by atoms with Gasteiger partial charge in [0.15, 0.2) is 0 Å². The van der Waals surface area contributed by atoms with Crippen molar-refractivity contribution < 1.29 is 9.47 Å². The molecule has 1 aliphatic carbocycles. The summed E-state index contributed by atoms with van der Waals surface area (Å²) in [6, 6.07) is 7.61. The second-order valence-corrected chi connectivity index (χ2v) is 6.31. The monoisotopic (exact) mass is 273 g/mol. The van der Waals surface area contributed by atoms with Gasteiger partial charge in [0.2, 0.25) is 0 Å². The third-order valence-electron chi connectivity index (χ3n) is 4.17. The summed E-state index contributed by atoms with van der Waals surface area (Å²) in [5.74, 6) is 0.792. The number of rotatable bonds is 4. The first-order chi connectivity index (χ1) is 9.54. The molecule has 3 heteroatoms. The van der Waals surface area contributed by atoms with E-state index in [0.29, 0.717) is 23.7 Å². The van der Waals surface area contributed by atoms with Crippen molar-refractivity contribution in [1.82, 2.24) is 0 Å². The Labute approximate surface area is 121 Å². The molecule has 0 radical (unpaired) electrons. The van der Waals surface area contributed by atoms with Crippen LogP contribution in [0.25, 0.3) is 0 Å². The van der Waals surface area contributed by atoms with Gasteiger partial charge < -0.3 is 9.47 Å². The van der Waals surface area contributed by atoms with Gasteiger partial charge in [-0.05, 0) is 49.3 Å². The average Bonchev–Trinajstić information content (AvgIpc) is 2.45. The zero-order chi connectivity index (χ0) is 14.6. The average molecular weight is 273 g/mol. The van der Waals surface area contributed by atoms with Gasteiger partial charge in [-0.25, -0.2) is 0 Å². The predicted molar refractivity (Wildman–Crippen MR) is 78.5 cm³/mol. The minimum atomic E-state index is 0.332. The first-order valence-corrected chi connectivity index (χ1v) is 7.23. The molecule has 1 saturated carbocycles. The van der Waals surface area contributed by atoms with Crippen molar-refractivity contribution in [3.8, 4) is 11.8 Å². The molecule has 0 spiro atoms. The third-order valence-corrected chi connectivity index (χ3v) is 4.17.